The quantitative estimate of drug-likeness (QED) is 0.750. The Morgan fingerprint density at radius 2 is 2.43 bits per heavy atom. The minimum absolute atomic E-state index is 0.0113. The molecule has 14 heavy (non-hydrogen) atoms. The smallest absolute Gasteiger partial charge is 0.141 e. The van der Waals surface area contributed by atoms with Crippen LogP contribution in [0.5, 0.6) is 0 Å². The van der Waals surface area contributed by atoms with E-state index in [0.717, 1.165) is 12.2 Å². The van der Waals surface area contributed by atoms with Crippen molar-refractivity contribution in [2.24, 2.45) is 12.8 Å². The Morgan fingerprint density at radius 3 is 2.93 bits per heavy atom. The van der Waals surface area contributed by atoms with Crippen LogP contribution in [0.25, 0.3) is 0 Å². The summed E-state index contributed by atoms with van der Waals surface area (Å²) in [7, 11) is 1.88. The van der Waals surface area contributed by atoms with Gasteiger partial charge in [0, 0.05) is 31.9 Å². The van der Waals surface area contributed by atoms with Crippen molar-refractivity contribution in [2.75, 3.05) is 0 Å². The molecule has 0 aromatic carbocycles. The number of Topliss-reactive ketones (excluding diaryl/α,β-unsaturated/α-hetero) is 1. The van der Waals surface area contributed by atoms with E-state index in [1.807, 2.05) is 24.7 Å². The molecule has 1 atom stereocenters. The number of rotatable bonds is 5. The number of hydrogen-bond acceptors (Lipinski definition) is 3. The van der Waals surface area contributed by atoms with Gasteiger partial charge in [0.25, 0.3) is 0 Å². The molecule has 4 nitrogen and oxygen atoms in total. The van der Waals surface area contributed by atoms with Gasteiger partial charge in [0.15, 0.2) is 0 Å². The van der Waals surface area contributed by atoms with E-state index in [1.54, 1.807) is 6.20 Å². The Balaban J connectivity index is 2.45. The van der Waals surface area contributed by atoms with Gasteiger partial charge in [-0.25, -0.2) is 4.98 Å². The van der Waals surface area contributed by atoms with E-state index in [-0.39, 0.29) is 11.8 Å². The van der Waals surface area contributed by atoms with Gasteiger partial charge < -0.3 is 10.3 Å². The van der Waals surface area contributed by atoms with Crippen LogP contribution in [0.15, 0.2) is 12.4 Å². The van der Waals surface area contributed by atoms with Gasteiger partial charge in [0.05, 0.1) is 6.42 Å². The molecule has 78 valence electrons. The maximum atomic E-state index is 11.5. The van der Waals surface area contributed by atoms with Crippen molar-refractivity contribution < 1.29 is 4.79 Å². The second-order valence-electron chi connectivity index (χ2n) is 3.54. The van der Waals surface area contributed by atoms with E-state index in [0.29, 0.717) is 12.8 Å². The number of nitrogens with two attached hydrogens (primary N) is 1. The first kappa shape index (κ1) is 10.9. The predicted molar refractivity (Wildman–Crippen MR) is 54.8 cm³/mol. The molecule has 0 saturated heterocycles. The number of imidazole rings is 1. The molecule has 0 aliphatic heterocycles. The number of ketones is 1. The largest absolute Gasteiger partial charge is 0.338 e. The Kier molecular flexibility index (Phi) is 3.83. The number of aromatic nitrogens is 2. The summed E-state index contributed by atoms with van der Waals surface area (Å²) in [5.41, 5.74) is 5.69. The maximum Gasteiger partial charge on any atom is 0.141 e. The molecule has 1 aromatic heterocycles. The van der Waals surface area contributed by atoms with Gasteiger partial charge in [0.2, 0.25) is 0 Å². The second kappa shape index (κ2) is 4.91. The number of carbonyl (C=O) groups excluding carboxylic acids is 1. The van der Waals surface area contributed by atoms with Crippen molar-refractivity contribution >= 4 is 5.78 Å². The van der Waals surface area contributed by atoms with Crippen LogP contribution >= 0.6 is 0 Å². The van der Waals surface area contributed by atoms with Gasteiger partial charge in [-0.05, 0) is 6.42 Å². The van der Waals surface area contributed by atoms with Crippen LogP contribution in [-0.2, 0) is 18.3 Å². The number of aryl methyl sites for hydroxylation is 1. The van der Waals surface area contributed by atoms with Gasteiger partial charge in [-0.1, -0.05) is 6.92 Å². The lowest BCUT2D eigenvalue weighted by Crippen LogP contribution is -2.24. The minimum Gasteiger partial charge on any atom is -0.338 e. The summed E-state index contributed by atoms with van der Waals surface area (Å²) >= 11 is 0. The van der Waals surface area contributed by atoms with Crippen molar-refractivity contribution in [3.8, 4) is 0 Å². The first-order chi connectivity index (χ1) is 6.63. The predicted octanol–water partition coefficient (Wildman–Crippen LogP) is 0.659. The lowest BCUT2D eigenvalue weighted by atomic mass is 10.1. The monoisotopic (exact) mass is 195 g/mol. The average molecular weight is 195 g/mol. The van der Waals surface area contributed by atoms with Crippen molar-refractivity contribution in [1.82, 2.24) is 9.55 Å². The third-order valence-corrected chi connectivity index (χ3v) is 2.29. The molecular formula is C10H17N3O. The molecule has 1 rings (SSSR count). The summed E-state index contributed by atoms with van der Waals surface area (Å²) in [5.74, 6) is 0.965. The SMILES string of the molecule is CCC(N)CC(=O)Cc1nccn1C. The fourth-order valence-corrected chi connectivity index (χ4v) is 1.25. The fourth-order valence-electron chi connectivity index (χ4n) is 1.25. The van der Waals surface area contributed by atoms with Gasteiger partial charge in [-0.3, -0.25) is 4.79 Å². The Hall–Kier alpha value is -1.16. The highest BCUT2D eigenvalue weighted by Gasteiger charge is 2.10. The number of carbonyl (C=O) groups is 1. The zero-order valence-electron chi connectivity index (χ0n) is 8.73. The van der Waals surface area contributed by atoms with E-state index in [9.17, 15) is 4.79 Å². The molecule has 0 aliphatic rings. The van der Waals surface area contributed by atoms with Crippen LogP contribution in [0.2, 0.25) is 0 Å². The Labute approximate surface area is 84.1 Å². The average Bonchev–Trinajstić information content (AvgIpc) is 2.51. The topological polar surface area (TPSA) is 60.9 Å². The summed E-state index contributed by atoms with van der Waals surface area (Å²) in [5, 5.41) is 0. The van der Waals surface area contributed by atoms with E-state index < -0.39 is 0 Å². The van der Waals surface area contributed by atoms with Crippen molar-refractivity contribution in [3.63, 3.8) is 0 Å². The summed E-state index contributed by atoms with van der Waals surface area (Å²) < 4.78 is 1.86. The summed E-state index contributed by atoms with van der Waals surface area (Å²) in [6.45, 7) is 1.98. The zero-order chi connectivity index (χ0) is 10.6. The van der Waals surface area contributed by atoms with Crippen molar-refractivity contribution in [1.29, 1.82) is 0 Å². The number of hydrogen-bond donors (Lipinski definition) is 1. The molecule has 0 spiro atoms. The van der Waals surface area contributed by atoms with Crippen LogP contribution in [-0.4, -0.2) is 21.4 Å². The highest BCUT2D eigenvalue weighted by molar-refractivity contribution is 5.80. The molecule has 0 saturated carbocycles. The molecule has 2 N–H and O–H groups in total. The van der Waals surface area contributed by atoms with E-state index in [2.05, 4.69) is 4.98 Å². The summed E-state index contributed by atoms with van der Waals surface area (Å²) in [6, 6.07) is -0.0113. The van der Waals surface area contributed by atoms with Crippen LogP contribution in [0.1, 0.15) is 25.6 Å². The first-order valence-corrected chi connectivity index (χ1v) is 4.87. The van der Waals surface area contributed by atoms with Crippen molar-refractivity contribution in [3.05, 3.63) is 18.2 Å². The van der Waals surface area contributed by atoms with Gasteiger partial charge >= 0.3 is 0 Å². The summed E-state index contributed by atoms with van der Waals surface area (Å²) in [4.78, 5) is 15.6. The third-order valence-electron chi connectivity index (χ3n) is 2.29. The molecule has 1 unspecified atom stereocenters. The molecule has 4 heteroatoms. The second-order valence-corrected chi connectivity index (χ2v) is 3.54. The first-order valence-electron chi connectivity index (χ1n) is 4.87. The van der Waals surface area contributed by atoms with Gasteiger partial charge in [0.1, 0.15) is 11.6 Å². The molecule has 1 aromatic rings. The Morgan fingerprint density at radius 1 is 1.71 bits per heavy atom. The van der Waals surface area contributed by atoms with Crippen LogP contribution < -0.4 is 5.73 Å². The third kappa shape index (κ3) is 2.96. The maximum absolute atomic E-state index is 11.5. The molecular weight excluding hydrogens is 178 g/mol. The lowest BCUT2D eigenvalue weighted by molar-refractivity contribution is -0.118. The minimum atomic E-state index is -0.0113. The molecule has 0 radical (unpaired) electrons. The standard InChI is InChI=1S/C10H17N3O/c1-3-8(11)6-9(14)7-10-12-4-5-13(10)2/h4-5,8H,3,6-7,11H2,1-2H3. The highest BCUT2D eigenvalue weighted by atomic mass is 16.1. The Bertz CT molecular complexity index is 306. The normalized spacial score (nSPS) is 12.8. The van der Waals surface area contributed by atoms with Gasteiger partial charge in [-0.2, -0.15) is 0 Å². The molecule has 0 bridgehead atoms. The molecule has 0 fully saturated rings. The lowest BCUT2D eigenvalue weighted by Gasteiger charge is -2.07. The molecule has 1 heterocycles. The van der Waals surface area contributed by atoms with Crippen LogP contribution in [0.4, 0.5) is 0 Å². The van der Waals surface area contributed by atoms with Gasteiger partial charge in [-0.15, -0.1) is 0 Å². The van der Waals surface area contributed by atoms with E-state index >= 15 is 0 Å². The van der Waals surface area contributed by atoms with Crippen molar-refractivity contribution in [2.45, 2.75) is 32.2 Å². The van der Waals surface area contributed by atoms with Crippen LogP contribution in [0, 0.1) is 0 Å². The highest BCUT2D eigenvalue weighted by Crippen LogP contribution is 2.01. The molecule has 0 aliphatic carbocycles. The van der Waals surface area contributed by atoms with E-state index in [4.69, 9.17) is 5.73 Å². The summed E-state index contributed by atoms with van der Waals surface area (Å²) in [6.07, 6.45) is 5.21. The zero-order valence-corrected chi connectivity index (χ0v) is 8.73. The number of nitrogens with zero attached hydrogens (tertiary/aromatic N) is 2. The van der Waals surface area contributed by atoms with E-state index in [1.165, 1.54) is 0 Å². The fraction of sp³-hybridized carbons (Fsp3) is 0.600. The molecule has 0 amide bonds. The van der Waals surface area contributed by atoms with Crippen LogP contribution in [0.3, 0.4) is 0 Å².